The minimum Gasteiger partial charge on any atom is -0.477 e. The number of carboxylic acids is 1. The highest BCUT2D eigenvalue weighted by molar-refractivity contribution is 5.93. The molecule has 0 radical (unpaired) electrons. The highest BCUT2D eigenvalue weighted by Gasteiger charge is 2.25. The molecular formula is C12H11N3O3. The van der Waals surface area contributed by atoms with E-state index in [1.807, 2.05) is 6.92 Å². The van der Waals surface area contributed by atoms with Crippen LogP contribution in [-0.2, 0) is 11.3 Å². The van der Waals surface area contributed by atoms with Gasteiger partial charge in [-0.25, -0.2) is 14.8 Å². The Bertz CT molecular complexity index is 669. The summed E-state index contributed by atoms with van der Waals surface area (Å²) >= 11 is 0. The van der Waals surface area contributed by atoms with Crippen molar-refractivity contribution in [3.8, 4) is 0 Å². The molecule has 0 aromatic carbocycles. The minimum atomic E-state index is -1.06. The molecule has 92 valence electrons. The number of fused-ring (bicyclic) bond motifs is 3. The second kappa shape index (κ2) is 3.64. The Balaban J connectivity index is 2.35. The van der Waals surface area contributed by atoms with Crippen molar-refractivity contribution in [1.82, 2.24) is 9.97 Å². The Morgan fingerprint density at radius 1 is 1.61 bits per heavy atom. The molecule has 1 aliphatic rings. The molecule has 2 aromatic heterocycles. The predicted molar refractivity (Wildman–Crippen MR) is 64.1 cm³/mol. The minimum absolute atomic E-state index is 0.00387. The number of ether oxygens (including phenoxy) is 1. The third-order valence-electron chi connectivity index (χ3n) is 3.15. The summed E-state index contributed by atoms with van der Waals surface area (Å²) in [6, 6.07) is 1.52. The van der Waals surface area contributed by atoms with Crippen molar-refractivity contribution >= 4 is 22.7 Å². The van der Waals surface area contributed by atoms with Gasteiger partial charge in [-0.2, -0.15) is 0 Å². The highest BCUT2D eigenvalue weighted by atomic mass is 16.5. The fraction of sp³-hybridized carbons (Fsp3) is 0.250. The van der Waals surface area contributed by atoms with Crippen molar-refractivity contribution in [2.24, 2.45) is 0 Å². The zero-order chi connectivity index (χ0) is 12.9. The van der Waals surface area contributed by atoms with Crippen molar-refractivity contribution in [2.45, 2.75) is 19.6 Å². The van der Waals surface area contributed by atoms with Gasteiger partial charge in [0.05, 0.1) is 24.4 Å². The Morgan fingerprint density at radius 3 is 3.11 bits per heavy atom. The van der Waals surface area contributed by atoms with Crippen LogP contribution in [0.3, 0.4) is 0 Å². The first-order valence-corrected chi connectivity index (χ1v) is 5.51. The molecule has 3 N–H and O–H groups in total. The quantitative estimate of drug-likeness (QED) is 0.790. The number of rotatable bonds is 1. The van der Waals surface area contributed by atoms with E-state index in [0.717, 1.165) is 16.5 Å². The number of carbonyl (C=O) groups is 1. The Morgan fingerprint density at radius 2 is 2.39 bits per heavy atom. The van der Waals surface area contributed by atoms with Crippen LogP contribution in [0.15, 0.2) is 12.3 Å². The second-order valence-corrected chi connectivity index (χ2v) is 4.23. The van der Waals surface area contributed by atoms with Gasteiger partial charge in [0, 0.05) is 10.9 Å². The SMILES string of the molecule is CC1OCc2c1c(N)nc1cnc(C(=O)O)cc21. The maximum atomic E-state index is 10.9. The van der Waals surface area contributed by atoms with Crippen LogP contribution in [0.25, 0.3) is 10.9 Å². The molecule has 0 bridgehead atoms. The molecular weight excluding hydrogens is 234 g/mol. The predicted octanol–water partition coefficient (Wildman–Crippen LogP) is 1.50. The molecule has 0 fully saturated rings. The van der Waals surface area contributed by atoms with E-state index < -0.39 is 5.97 Å². The van der Waals surface area contributed by atoms with E-state index in [0.29, 0.717) is 17.9 Å². The van der Waals surface area contributed by atoms with Crippen LogP contribution in [0.1, 0.15) is 34.6 Å². The van der Waals surface area contributed by atoms with Crippen LogP contribution in [0.5, 0.6) is 0 Å². The summed E-state index contributed by atoms with van der Waals surface area (Å²) in [4.78, 5) is 19.0. The smallest absolute Gasteiger partial charge is 0.354 e. The van der Waals surface area contributed by atoms with Crippen molar-refractivity contribution in [3.05, 3.63) is 29.1 Å². The van der Waals surface area contributed by atoms with Crippen molar-refractivity contribution < 1.29 is 14.6 Å². The van der Waals surface area contributed by atoms with E-state index in [4.69, 9.17) is 15.6 Å². The van der Waals surface area contributed by atoms with Crippen molar-refractivity contribution in [3.63, 3.8) is 0 Å². The number of carboxylic acid groups (broad SMARTS) is 1. The Kier molecular flexibility index (Phi) is 2.21. The third-order valence-corrected chi connectivity index (χ3v) is 3.15. The van der Waals surface area contributed by atoms with Crippen LogP contribution in [-0.4, -0.2) is 21.0 Å². The lowest BCUT2D eigenvalue weighted by molar-refractivity contribution is 0.0690. The van der Waals surface area contributed by atoms with Gasteiger partial charge in [0.25, 0.3) is 0 Å². The molecule has 3 heterocycles. The van der Waals surface area contributed by atoms with Gasteiger partial charge in [0.15, 0.2) is 0 Å². The summed E-state index contributed by atoms with van der Waals surface area (Å²) in [5, 5.41) is 9.71. The number of nitrogens with two attached hydrogens (primary N) is 1. The summed E-state index contributed by atoms with van der Waals surface area (Å²) in [5.74, 6) is -0.637. The van der Waals surface area contributed by atoms with E-state index in [-0.39, 0.29) is 11.8 Å². The average Bonchev–Trinajstić information content (AvgIpc) is 2.72. The second-order valence-electron chi connectivity index (χ2n) is 4.23. The summed E-state index contributed by atoms with van der Waals surface area (Å²) in [5.41, 5.74) is 8.24. The van der Waals surface area contributed by atoms with Gasteiger partial charge < -0.3 is 15.6 Å². The molecule has 3 rings (SSSR count). The molecule has 0 aliphatic carbocycles. The average molecular weight is 245 g/mol. The number of aromatic nitrogens is 2. The molecule has 0 saturated heterocycles. The molecule has 6 nitrogen and oxygen atoms in total. The normalized spacial score (nSPS) is 17.9. The largest absolute Gasteiger partial charge is 0.477 e. The van der Waals surface area contributed by atoms with E-state index in [1.165, 1.54) is 12.3 Å². The highest BCUT2D eigenvalue weighted by Crippen LogP contribution is 2.37. The maximum absolute atomic E-state index is 10.9. The molecule has 1 aliphatic heterocycles. The lowest BCUT2D eigenvalue weighted by Gasteiger charge is -2.09. The Labute approximate surface area is 102 Å². The fourth-order valence-corrected chi connectivity index (χ4v) is 2.29. The first-order valence-electron chi connectivity index (χ1n) is 5.51. The summed E-state index contributed by atoms with van der Waals surface area (Å²) < 4.78 is 5.52. The van der Waals surface area contributed by atoms with Crippen LogP contribution in [0.2, 0.25) is 0 Å². The first-order chi connectivity index (χ1) is 8.58. The number of aromatic carboxylic acids is 1. The van der Waals surface area contributed by atoms with Gasteiger partial charge in [0.2, 0.25) is 0 Å². The lowest BCUT2D eigenvalue weighted by atomic mass is 10.0. The standard InChI is InChI=1S/C12H11N3O3/c1-5-10-7(4-18-5)6-2-8(12(16)17)14-3-9(6)15-11(10)13/h2-3,5H,4H2,1H3,(H2,13,15)(H,16,17). The number of anilines is 1. The summed E-state index contributed by atoms with van der Waals surface area (Å²) in [6.07, 6.45) is 1.32. The number of hydrogen-bond acceptors (Lipinski definition) is 5. The fourth-order valence-electron chi connectivity index (χ4n) is 2.29. The molecule has 0 spiro atoms. The molecule has 1 unspecified atom stereocenters. The molecule has 6 heteroatoms. The van der Waals surface area contributed by atoms with E-state index in [2.05, 4.69) is 9.97 Å². The maximum Gasteiger partial charge on any atom is 0.354 e. The zero-order valence-electron chi connectivity index (χ0n) is 9.67. The van der Waals surface area contributed by atoms with Gasteiger partial charge in [-0.3, -0.25) is 0 Å². The van der Waals surface area contributed by atoms with Gasteiger partial charge in [-0.1, -0.05) is 0 Å². The number of hydrogen-bond donors (Lipinski definition) is 2. The van der Waals surface area contributed by atoms with Gasteiger partial charge >= 0.3 is 5.97 Å². The monoisotopic (exact) mass is 245 g/mol. The van der Waals surface area contributed by atoms with Crippen LogP contribution in [0.4, 0.5) is 5.82 Å². The van der Waals surface area contributed by atoms with Crippen LogP contribution < -0.4 is 5.73 Å². The third kappa shape index (κ3) is 1.42. The topological polar surface area (TPSA) is 98.3 Å². The molecule has 0 amide bonds. The summed E-state index contributed by atoms with van der Waals surface area (Å²) in [6.45, 7) is 2.32. The van der Waals surface area contributed by atoms with Gasteiger partial charge in [0.1, 0.15) is 11.5 Å². The van der Waals surface area contributed by atoms with E-state index in [1.54, 1.807) is 0 Å². The Hall–Kier alpha value is -2.21. The van der Waals surface area contributed by atoms with E-state index in [9.17, 15) is 4.79 Å². The van der Waals surface area contributed by atoms with Crippen LogP contribution >= 0.6 is 0 Å². The van der Waals surface area contributed by atoms with Gasteiger partial charge in [-0.15, -0.1) is 0 Å². The molecule has 0 saturated carbocycles. The number of pyridine rings is 2. The lowest BCUT2D eigenvalue weighted by Crippen LogP contribution is -2.04. The van der Waals surface area contributed by atoms with Crippen molar-refractivity contribution in [1.29, 1.82) is 0 Å². The summed E-state index contributed by atoms with van der Waals surface area (Å²) in [7, 11) is 0. The van der Waals surface area contributed by atoms with Gasteiger partial charge in [-0.05, 0) is 18.6 Å². The first kappa shape index (κ1) is 10.9. The van der Waals surface area contributed by atoms with Crippen LogP contribution in [0, 0.1) is 0 Å². The molecule has 18 heavy (non-hydrogen) atoms. The molecule has 2 aromatic rings. The van der Waals surface area contributed by atoms with Crippen molar-refractivity contribution in [2.75, 3.05) is 5.73 Å². The number of nitrogens with zero attached hydrogens (tertiary/aromatic N) is 2. The number of nitrogen functional groups attached to an aromatic ring is 1. The zero-order valence-corrected chi connectivity index (χ0v) is 9.67. The van der Waals surface area contributed by atoms with E-state index >= 15 is 0 Å². The molecule has 1 atom stereocenters.